The molecule has 0 fully saturated rings. The molecule has 38 heavy (non-hydrogen) atoms. The topological polar surface area (TPSA) is 57.2 Å². The van der Waals surface area contributed by atoms with Gasteiger partial charge in [-0.15, -0.1) is 0 Å². The lowest BCUT2D eigenvalue weighted by Crippen LogP contribution is -2.51. The Morgan fingerprint density at radius 1 is 0.395 bits per heavy atom. The van der Waals surface area contributed by atoms with Gasteiger partial charge in [0.1, 0.15) is 0 Å². The van der Waals surface area contributed by atoms with Crippen LogP contribution < -0.4 is 0 Å². The van der Waals surface area contributed by atoms with Crippen molar-refractivity contribution in [1.82, 2.24) is 0 Å². The number of hydrogen-bond acceptors (Lipinski definition) is 3. The predicted molar refractivity (Wildman–Crippen MR) is 167 cm³/mol. The third kappa shape index (κ3) is 26.1. The predicted octanol–water partition coefficient (Wildman–Crippen LogP) is 10.2. The van der Waals surface area contributed by atoms with Crippen LogP contribution >= 0.6 is 0 Å². The fourth-order valence-corrected chi connectivity index (χ4v) is 6.47. The van der Waals surface area contributed by atoms with Gasteiger partial charge in [0, 0.05) is 12.2 Å². The lowest BCUT2D eigenvalue weighted by Gasteiger charge is -2.40. The first-order valence-corrected chi connectivity index (χ1v) is 18.8. The molecule has 0 spiro atoms. The van der Waals surface area contributed by atoms with Gasteiger partial charge in [0.15, 0.2) is 0 Å². The highest BCUT2D eigenvalue weighted by Crippen LogP contribution is 2.20. The van der Waals surface area contributed by atoms with Crippen LogP contribution in [0.4, 0.5) is 0 Å². The third-order valence-corrected chi connectivity index (χ3v) is 9.27. The largest absolute Gasteiger partial charge is 0.748 e. The van der Waals surface area contributed by atoms with E-state index < -0.39 is 10.1 Å². The smallest absolute Gasteiger partial charge is 0.0948 e. The van der Waals surface area contributed by atoms with Crippen LogP contribution in [-0.4, -0.2) is 49.4 Å². The first kappa shape index (κ1) is 37.9. The van der Waals surface area contributed by atoms with Crippen molar-refractivity contribution in [3.63, 3.8) is 0 Å². The van der Waals surface area contributed by atoms with E-state index in [1.807, 2.05) is 0 Å². The molecule has 230 valence electrons. The summed E-state index contributed by atoms with van der Waals surface area (Å²) < 4.78 is 35.2. The van der Waals surface area contributed by atoms with Crippen molar-refractivity contribution in [1.29, 1.82) is 0 Å². The molecule has 4 nitrogen and oxygen atoms in total. The fraction of sp³-hybridized carbons (Fsp3) is 1.00. The van der Waals surface area contributed by atoms with Gasteiger partial charge in [-0.2, -0.15) is 0 Å². The lowest BCUT2D eigenvalue weighted by atomic mass is 10.0. The molecule has 0 rings (SSSR count). The Hall–Kier alpha value is -0.130. The van der Waals surface area contributed by atoms with Crippen molar-refractivity contribution in [2.45, 2.75) is 181 Å². The van der Waals surface area contributed by atoms with E-state index in [1.54, 1.807) is 0 Å². The van der Waals surface area contributed by atoms with Gasteiger partial charge in [-0.25, -0.2) is 8.42 Å². The molecule has 0 heterocycles. The van der Waals surface area contributed by atoms with Gasteiger partial charge in [-0.3, -0.25) is 0 Å². The highest BCUT2D eigenvalue weighted by atomic mass is 32.2. The lowest BCUT2D eigenvalue weighted by molar-refractivity contribution is -0.928. The SMILES string of the molecule is CCCCCCCCCC[N+](CCCCCCCCCC)(CCCCCCCCCC)CCCS(=O)(=O)[O-]. The quantitative estimate of drug-likeness (QED) is 0.0482. The van der Waals surface area contributed by atoms with E-state index in [1.165, 1.54) is 174 Å². The summed E-state index contributed by atoms with van der Waals surface area (Å²) in [6.07, 6.45) is 32.4. The summed E-state index contributed by atoms with van der Waals surface area (Å²) in [6, 6.07) is 0. The van der Waals surface area contributed by atoms with E-state index in [4.69, 9.17) is 0 Å². The first-order chi connectivity index (χ1) is 18.4. The number of nitrogens with zero attached hydrogens (tertiary/aromatic N) is 1. The van der Waals surface area contributed by atoms with Crippen LogP contribution in [0, 0.1) is 0 Å². The fourth-order valence-electron chi connectivity index (χ4n) is 5.99. The molecule has 0 aliphatic heterocycles. The van der Waals surface area contributed by atoms with Crippen LogP contribution in [0.25, 0.3) is 0 Å². The van der Waals surface area contributed by atoms with Crippen LogP contribution in [-0.2, 0) is 10.1 Å². The molecule has 0 aliphatic rings. The molecule has 0 bridgehead atoms. The molecule has 0 radical (unpaired) electrons. The molecule has 0 N–H and O–H groups in total. The van der Waals surface area contributed by atoms with Crippen molar-refractivity contribution >= 4 is 10.1 Å². The Labute approximate surface area is 240 Å². The summed E-state index contributed by atoms with van der Waals surface area (Å²) in [5.74, 6) is -0.195. The van der Waals surface area contributed by atoms with E-state index >= 15 is 0 Å². The molecule has 0 amide bonds. The van der Waals surface area contributed by atoms with Gasteiger partial charge in [0.25, 0.3) is 0 Å². The number of rotatable bonds is 31. The Bertz CT molecular complexity index is 528. The van der Waals surface area contributed by atoms with Crippen molar-refractivity contribution in [2.24, 2.45) is 0 Å². The molecular formula is C33H69NO3S. The number of quaternary nitrogens is 1. The van der Waals surface area contributed by atoms with Crippen LogP contribution in [0.2, 0.25) is 0 Å². The van der Waals surface area contributed by atoms with E-state index in [0.717, 1.165) is 11.0 Å². The maximum Gasteiger partial charge on any atom is 0.0948 e. The van der Waals surface area contributed by atoms with Gasteiger partial charge < -0.3 is 9.04 Å². The summed E-state index contributed by atoms with van der Waals surface area (Å²) in [5, 5.41) is 0. The van der Waals surface area contributed by atoms with Crippen molar-refractivity contribution in [3.8, 4) is 0 Å². The van der Waals surface area contributed by atoms with Crippen LogP contribution in [0.3, 0.4) is 0 Å². The Morgan fingerprint density at radius 2 is 0.632 bits per heavy atom. The highest BCUT2D eigenvalue weighted by molar-refractivity contribution is 7.85. The maximum absolute atomic E-state index is 11.4. The number of hydrogen-bond donors (Lipinski definition) is 0. The summed E-state index contributed by atoms with van der Waals surface area (Å²) in [5.41, 5.74) is 0. The normalized spacial score (nSPS) is 12.4. The van der Waals surface area contributed by atoms with Crippen molar-refractivity contribution in [2.75, 3.05) is 31.9 Å². The van der Waals surface area contributed by atoms with Crippen molar-refractivity contribution in [3.05, 3.63) is 0 Å². The minimum atomic E-state index is -4.13. The van der Waals surface area contributed by atoms with E-state index in [2.05, 4.69) is 20.8 Å². The minimum absolute atomic E-state index is 0.195. The van der Waals surface area contributed by atoms with Gasteiger partial charge in [-0.05, 0) is 38.5 Å². The summed E-state index contributed by atoms with van der Waals surface area (Å²) in [4.78, 5) is 0. The molecule has 0 aromatic carbocycles. The van der Waals surface area contributed by atoms with Crippen LogP contribution in [0.5, 0.6) is 0 Å². The average Bonchev–Trinajstić information content (AvgIpc) is 2.88. The van der Waals surface area contributed by atoms with E-state index in [-0.39, 0.29) is 5.75 Å². The number of unbranched alkanes of at least 4 members (excludes halogenated alkanes) is 21. The molecule has 0 aromatic rings. The maximum atomic E-state index is 11.4. The zero-order chi connectivity index (χ0) is 28.2. The van der Waals surface area contributed by atoms with Crippen molar-refractivity contribution < 1.29 is 17.5 Å². The highest BCUT2D eigenvalue weighted by Gasteiger charge is 2.26. The Morgan fingerprint density at radius 3 is 0.895 bits per heavy atom. The molecule has 0 saturated heterocycles. The second-order valence-corrected chi connectivity index (χ2v) is 13.8. The zero-order valence-corrected chi connectivity index (χ0v) is 27.1. The monoisotopic (exact) mass is 559 g/mol. The molecule has 0 atom stereocenters. The second-order valence-electron chi connectivity index (χ2n) is 12.3. The van der Waals surface area contributed by atoms with Gasteiger partial charge in [-0.1, -0.05) is 136 Å². The third-order valence-electron chi connectivity index (χ3n) is 8.48. The van der Waals surface area contributed by atoms with E-state index in [9.17, 15) is 13.0 Å². The van der Waals surface area contributed by atoms with Gasteiger partial charge in [0.05, 0.1) is 36.3 Å². The molecular weight excluding hydrogens is 490 g/mol. The van der Waals surface area contributed by atoms with Gasteiger partial charge >= 0.3 is 0 Å². The molecule has 5 heteroatoms. The van der Waals surface area contributed by atoms with Gasteiger partial charge in [0.2, 0.25) is 0 Å². The first-order valence-electron chi connectivity index (χ1n) is 17.2. The standard InChI is InChI=1S/C33H69NO3S/c1-4-7-10-13-16-19-22-25-29-34(32-28-33-38(35,36)37,30-26-23-20-17-14-11-8-5-2)31-27-24-21-18-15-12-9-6-3/h4-33H2,1-3H3. The Balaban J connectivity index is 4.84. The molecule has 0 unspecified atom stereocenters. The molecule has 0 aromatic heterocycles. The van der Waals surface area contributed by atoms with Crippen LogP contribution in [0.15, 0.2) is 0 Å². The summed E-state index contributed by atoms with van der Waals surface area (Å²) in [7, 11) is -4.13. The zero-order valence-electron chi connectivity index (χ0n) is 26.3. The summed E-state index contributed by atoms with van der Waals surface area (Å²) >= 11 is 0. The second kappa shape index (κ2) is 27.1. The average molecular weight is 560 g/mol. The summed E-state index contributed by atoms with van der Waals surface area (Å²) in [6.45, 7) is 11.2. The Kier molecular flexibility index (Phi) is 27.0. The van der Waals surface area contributed by atoms with E-state index in [0.29, 0.717) is 6.42 Å². The molecule has 0 saturated carbocycles. The molecule has 0 aliphatic carbocycles. The van der Waals surface area contributed by atoms with Crippen LogP contribution in [0.1, 0.15) is 181 Å². The minimum Gasteiger partial charge on any atom is -0.748 e.